The first kappa shape index (κ1) is 22.0. The molecule has 4 nitrogen and oxygen atoms in total. The van der Waals surface area contributed by atoms with Crippen molar-refractivity contribution in [3.05, 3.63) is 102 Å². The number of fused-ring (bicyclic) bond motifs is 1. The van der Waals surface area contributed by atoms with Crippen LogP contribution in [0.3, 0.4) is 0 Å². The lowest BCUT2D eigenvalue weighted by Crippen LogP contribution is -3.08. The van der Waals surface area contributed by atoms with Gasteiger partial charge in [-0.25, -0.2) is 9.37 Å². The maximum Gasteiger partial charge on any atom is 0.252 e. The van der Waals surface area contributed by atoms with Crippen LogP contribution in [-0.2, 0) is 6.54 Å². The van der Waals surface area contributed by atoms with E-state index in [0.717, 1.165) is 28.9 Å². The van der Waals surface area contributed by atoms with Crippen LogP contribution in [0.2, 0.25) is 0 Å². The second-order valence-corrected chi connectivity index (χ2v) is 8.80. The molecule has 4 rings (SSSR count). The zero-order chi connectivity index (χ0) is 22.3. The highest BCUT2D eigenvalue weighted by molar-refractivity contribution is 7.99. The molecule has 0 aliphatic carbocycles. The van der Waals surface area contributed by atoms with Gasteiger partial charge in [0.05, 0.1) is 31.2 Å². The summed E-state index contributed by atoms with van der Waals surface area (Å²) in [5, 5.41) is 4.58. The van der Waals surface area contributed by atoms with Crippen molar-refractivity contribution in [2.24, 2.45) is 0 Å². The molecule has 1 amide bonds. The molecule has 0 fully saturated rings. The molecule has 2 N–H and O–H groups in total. The molecule has 1 unspecified atom stereocenters. The molecule has 6 heteroatoms. The largest absolute Gasteiger partial charge is 0.346 e. The number of para-hydroxylation sites is 1. The molecule has 0 radical (unpaired) electrons. The normalized spacial score (nSPS) is 11.9. The van der Waals surface area contributed by atoms with E-state index in [2.05, 4.69) is 29.5 Å². The average Bonchev–Trinajstić information content (AvgIpc) is 2.80. The van der Waals surface area contributed by atoms with Crippen molar-refractivity contribution in [1.29, 1.82) is 0 Å². The summed E-state index contributed by atoms with van der Waals surface area (Å²) < 4.78 is 13.2. The quantitative estimate of drug-likeness (QED) is 0.431. The molecule has 0 saturated carbocycles. The first-order valence-corrected chi connectivity index (χ1v) is 11.4. The molecule has 1 atom stereocenters. The van der Waals surface area contributed by atoms with Crippen LogP contribution in [0.15, 0.2) is 94.9 Å². The minimum atomic E-state index is -0.278. The molecule has 4 aromatic rings. The van der Waals surface area contributed by atoms with Gasteiger partial charge in [-0.15, -0.1) is 0 Å². The molecule has 162 valence electrons. The zero-order valence-electron chi connectivity index (χ0n) is 17.8. The molecule has 0 saturated heterocycles. The Bertz CT molecular complexity index is 1200. The van der Waals surface area contributed by atoms with Crippen molar-refractivity contribution in [3.63, 3.8) is 0 Å². The summed E-state index contributed by atoms with van der Waals surface area (Å²) in [7, 11) is 2.12. The van der Waals surface area contributed by atoms with Crippen molar-refractivity contribution in [1.82, 2.24) is 10.3 Å². The molecule has 1 aromatic heterocycles. The smallest absolute Gasteiger partial charge is 0.252 e. The monoisotopic (exact) mass is 446 g/mol. The summed E-state index contributed by atoms with van der Waals surface area (Å²) in [6.07, 6.45) is 0. The fraction of sp³-hybridized carbons (Fsp3) is 0.154. The molecule has 0 aliphatic rings. The van der Waals surface area contributed by atoms with Crippen LogP contribution in [-0.4, -0.2) is 31.0 Å². The highest BCUT2D eigenvalue weighted by Gasteiger charge is 2.14. The van der Waals surface area contributed by atoms with E-state index in [0.29, 0.717) is 17.1 Å². The fourth-order valence-corrected chi connectivity index (χ4v) is 4.37. The summed E-state index contributed by atoms with van der Waals surface area (Å²) in [5.74, 6) is -0.391. The first-order valence-electron chi connectivity index (χ1n) is 10.5. The van der Waals surface area contributed by atoms with Gasteiger partial charge in [0.1, 0.15) is 17.4 Å². The predicted molar refractivity (Wildman–Crippen MR) is 126 cm³/mol. The average molecular weight is 447 g/mol. The number of nitrogens with one attached hydrogen (secondary N) is 2. The predicted octanol–water partition coefficient (Wildman–Crippen LogP) is 3.97. The first-order chi connectivity index (χ1) is 15.6. The number of pyridine rings is 1. The summed E-state index contributed by atoms with van der Waals surface area (Å²) >= 11 is 1.41. The number of rotatable bonds is 8. The van der Waals surface area contributed by atoms with E-state index in [4.69, 9.17) is 0 Å². The topological polar surface area (TPSA) is 46.4 Å². The Hall–Kier alpha value is -3.22. The standard InChI is InChI=1S/C26H24FN3OS/c1-30(18-19-7-3-2-4-8-19)16-15-28-26(31)23-17-25(29-24-10-6-5-9-22(23)24)32-21-13-11-20(27)12-14-21/h2-14,17H,15-16,18H2,1H3,(H,28,31)/p+1. The van der Waals surface area contributed by atoms with Crippen molar-refractivity contribution in [2.45, 2.75) is 16.5 Å². The molecule has 1 heterocycles. The molecule has 0 bridgehead atoms. The van der Waals surface area contributed by atoms with E-state index in [1.54, 1.807) is 12.1 Å². The van der Waals surface area contributed by atoms with Gasteiger partial charge in [0.25, 0.3) is 5.91 Å². The highest BCUT2D eigenvalue weighted by Crippen LogP contribution is 2.29. The lowest BCUT2D eigenvalue weighted by Gasteiger charge is -2.15. The van der Waals surface area contributed by atoms with Crippen LogP contribution in [0, 0.1) is 5.82 Å². The Balaban J connectivity index is 1.45. The summed E-state index contributed by atoms with van der Waals surface area (Å²) in [6.45, 7) is 2.31. The number of hydrogen-bond acceptors (Lipinski definition) is 3. The summed E-state index contributed by atoms with van der Waals surface area (Å²) in [5.41, 5.74) is 2.64. The Morgan fingerprint density at radius 3 is 2.50 bits per heavy atom. The van der Waals surface area contributed by atoms with Crippen molar-refractivity contribution >= 4 is 28.6 Å². The van der Waals surface area contributed by atoms with Gasteiger partial charge in [-0.2, -0.15) is 0 Å². The van der Waals surface area contributed by atoms with E-state index >= 15 is 0 Å². The van der Waals surface area contributed by atoms with Gasteiger partial charge in [-0.3, -0.25) is 4.79 Å². The number of hydrogen-bond donors (Lipinski definition) is 2. The number of carbonyl (C=O) groups is 1. The van der Waals surface area contributed by atoms with Gasteiger partial charge in [-0.05, 0) is 36.4 Å². The van der Waals surface area contributed by atoms with Crippen LogP contribution in [0.4, 0.5) is 4.39 Å². The molecule has 0 spiro atoms. The van der Waals surface area contributed by atoms with E-state index in [9.17, 15) is 9.18 Å². The van der Waals surface area contributed by atoms with Crippen LogP contribution in [0.1, 0.15) is 15.9 Å². The van der Waals surface area contributed by atoms with Gasteiger partial charge in [-0.1, -0.05) is 60.3 Å². The minimum Gasteiger partial charge on any atom is -0.346 e. The molecule has 3 aromatic carbocycles. The van der Waals surface area contributed by atoms with Crippen LogP contribution in [0.25, 0.3) is 10.9 Å². The number of aromatic nitrogens is 1. The van der Waals surface area contributed by atoms with E-state index in [1.165, 1.54) is 34.4 Å². The number of benzene rings is 3. The highest BCUT2D eigenvalue weighted by atomic mass is 32.2. The second kappa shape index (κ2) is 10.4. The maximum atomic E-state index is 13.2. The number of nitrogens with zero attached hydrogens (tertiary/aromatic N) is 1. The lowest BCUT2D eigenvalue weighted by molar-refractivity contribution is -0.892. The Morgan fingerprint density at radius 2 is 1.72 bits per heavy atom. The summed E-state index contributed by atoms with van der Waals surface area (Å²) in [4.78, 5) is 19.9. The van der Waals surface area contributed by atoms with Crippen LogP contribution < -0.4 is 10.2 Å². The Kier molecular flexibility index (Phi) is 7.14. The van der Waals surface area contributed by atoms with E-state index < -0.39 is 0 Å². The van der Waals surface area contributed by atoms with Crippen molar-refractivity contribution in [3.8, 4) is 0 Å². The fourth-order valence-electron chi connectivity index (χ4n) is 3.53. The third kappa shape index (κ3) is 5.72. The van der Waals surface area contributed by atoms with Crippen LogP contribution in [0.5, 0.6) is 0 Å². The Labute approximate surface area is 191 Å². The second-order valence-electron chi connectivity index (χ2n) is 7.71. The minimum absolute atomic E-state index is 0.114. The van der Waals surface area contributed by atoms with Crippen LogP contribution >= 0.6 is 11.8 Å². The zero-order valence-corrected chi connectivity index (χ0v) is 18.7. The van der Waals surface area contributed by atoms with Crippen molar-refractivity contribution < 1.29 is 14.1 Å². The molecular formula is C26H25FN3OS+. The number of quaternary nitrogens is 1. The SMILES string of the molecule is C[NH+](CCNC(=O)c1cc(Sc2ccc(F)cc2)nc2ccccc12)Cc1ccccc1. The van der Waals surface area contributed by atoms with Gasteiger partial charge in [0, 0.05) is 15.8 Å². The lowest BCUT2D eigenvalue weighted by atomic mass is 10.1. The van der Waals surface area contributed by atoms with Crippen molar-refractivity contribution in [2.75, 3.05) is 20.1 Å². The number of halogens is 1. The van der Waals surface area contributed by atoms with Gasteiger partial charge in [0.15, 0.2) is 0 Å². The summed E-state index contributed by atoms with van der Waals surface area (Å²) in [6, 6.07) is 26.0. The van der Waals surface area contributed by atoms with Gasteiger partial charge < -0.3 is 10.2 Å². The van der Waals surface area contributed by atoms with Gasteiger partial charge in [0.2, 0.25) is 0 Å². The molecular weight excluding hydrogens is 421 g/mol. The third-order valence-electron chi connectivity index (χ3n) is 5.16. The van der Waals surface area contributed by atoms with Gasteiger partial charge >= 0.3 is 0 Å². The van der Waals surface area contributed by atoms with E-state index in [1.807, 2.05) is 48.5 Å². The third-order valence-corrected chi connectivity index (χ3v) is 6.09. The Morgan fingerprint density at radius 1 is 1.00 bits per heavy atom. The van der Waals surface area contributed by atoms with E-state index in [-0.39, 0.29) is 11.7 Å². The maximum absolute atomic E-state index is 13.2. The number of likely N-dealkylation sites (N-methyl/N-ethyl adjacent to an activating group) is 1. The molecule has 0 aliphatic heterocycles. The number of carbonyl (C=O) groups excluding carboxylic acids is 1. The molecule has 32 heavy (non-hydrogen) atoms. The number of amides is 1.